The van der Waals surface area contributed by atoms with Crippen LogP contribution in [0.2, 0.25) is 0 Å². The van der Waals surface area contributed by atoms with Gasteiger partial charge in [0, 0.05) is 0 Å². The summed E-state index contributed by atoms with van der Waals surface area (Å²) >= 11 is 0. The molecule has 0 radical (unpaired) electrons. The van der Waals surface area contributed by atoms with Gasteiger partial charge in [0.05, 0.1) is 12.5 Å². The Bertz CT molecular complexity index is 386. The Balaban J connectivity index is 4.01. The summed E-state index contributed by atoms with van der Waals surface area (Å²) in [5.74, 6) is -4.48. The van der Waals surface area contributed by atoms with Gasteiger partial charge in [0.2, 0.25) is 0 Å². The lowest BCUT2D eigenvalue weighted by Crippen LogP contribution is -2.07. The van der Waals surface area contributed by atoms with Crippen LogP contribution in [0.15, 0.2) is 48.5 Å². The third-order valence-electron chi connectivity index (χ3n) is 1.76. The van der Waals surface area contributed by atoms with Gasteiger partial charge in [0.25, 0.3) is 0 Å². The highest BCUT2D eigenvalue weighted by Gasteiger charge is 2.34. The van der Waals surface area contributed by atoms with E-state index in [1.54, 1.807) is 0 Å². The van der Waals surface area contributed by atoms with E-state index in [4.69, 9.17) is 0 Å². The molecule has 0 aliphatic heterocycles. The number of halogens is 8. The maximum atomic E-state index is 12.3. The lowest BCUT2D eigenvalue weighted by Gasteiger charge is -2.00. The largest absolute Gasteiger partial charge is 0.473 e. The quantitative estimate of drug-likeness (QED) is 0.454. The van der Waals surface area contributed by atoms with Crippen LogP contribution >= 0.6 is 0 Å². The molecule has 0 N–H and O–H groups in total. The Morgan fingerprint density at radius 1 is 0.714 bits per heavy atom. The first-order chi connectivity index (χ1) is 9.55. The Morgan fingerprint density at radius 3 is 1.33 bits per heavy atom. The first-order valence-electron chi connectivity index (χ1n) is 5.36. The van der Waals surface area contributed by atoms with Crippen molar-refractivity contribution >= 4 is 0 Å². The third-order valence-corrected chi connectivity index (χ3v) is 1.76. The van der Waals surface area contributed by atoms with Crippen LogP contribution in [0.4, 0.5) is 35.1 Å². The van der Waals surface area contributed by atoms with Crippen molar-refractivity contribution in [1.29, 1.82) is 0 Å². The van der Waals surface area contributed by atoms with Crippen molar-refractivity contribution in [1.82, 2.24) is 0 Å². The van der Waals surface area contributed by atoms with E-state index >= 15 is 0 Å². The van der Waals surface area contributed by atoms with Gasteiger partial charge in [-0.25, -0.2) is 8.78 Å². The molecule has 1 nitrogen and oxygen atoms in total. The molecular formula is C12H10F8O. The summed E-state index contributed by atoms with van der Waals surface area (Å²) < 4.78 is 99.2. The molecule has 120 valence electrons. The highest BCUT2D eigenvalue weighted by Crippen LogP contribution is 2.27. The first-order valence-corrected chi connectivity index (χ1v) is 5.36. The van der Waals surface area contributed by atoms with Crippen molar-refractivity contribution in [2.45, 2.75) is 25.2 Å². The standard InChI is InChI=1S/C12H10F8O/c13-9(11(15,16)17)5-1-3-7-21-8-4-2-6-10(14)12(18,19)20/h3-8H,1-2H2. The maximum absolute atomic E-state index is 12.3. The number of allylic oxidation sites excluding steroid dienone is 6. The number of alkyl halides is 6. The molecular weight excluding hydrogens is 312 g/mol. The normalized spacial score (nSPS) is 15.2. The Kier molecular flexibility index (Phi) is 7.75. The van der Waals surface area contributed by atoms with Crippen LogP contribution in [-0.2, 0) is 4.74 Å². The molecule has 0 aliphatic carbocycles. The van der Waals surface area contributed by atoms with Crippen molar-refractivity contribution in [2.24, 2.45) is 0 Å². The van der Waals surface area contributed by atoms with Crippen LogP contribution in [0.1, 0.15) is 12.8 Å². The van der Waals surface area contributed by atoms with Gasteiger partial charge in [-0.2, -0.15) is 26.3 Å². The summed E-state index contributed by atoms with van der Waals surface area (Å²) in [5.41, 5.74) is 0. The summed E-state index contributed by atoms with van der Waals surface area (Å²) in [7, 11) is 0. The van der Waals surface area contributed by atoms with E-state index in [2.05, 4.69) is 4.74 Å². The van der Waals surface area contributed by atoms with Crippen LogP contribution < -0.4 is 0 Å². The molecule has 0 fully saturated rings. The fourth-order valence-electron chi connectivity index (χ4n) is 0.842. The first kappa shape index (κ1) is 19.2. The van der Waals surface area contributed by atoms with Crippen molar-refractivity contribution in [3.8, 4) is 0 Å². The molecule has 0 saturated heterocycles. The number of hydrogen-bond acceptors (Lipinski definition) is 1. The SMILES string of the molecule is FC(=CCC=COC=CCC=C(F)C(F)(F)F)C(F)(F)F. The predicted octanol–water partition coefficient (Wildman–Crippen LogP) is 5.64. The molecule has 0 heterocycles. The van der Waals surface area contributed by atoms with Crippen LogP contribution in [0, 0.1) is 0 Å². The second-order valence-corrected chi connectivity index (χ2v) is 3.45. The molecule has 0 unspecified atom stereocenters. The number of rotatable bonds is 6. The molecule has 0 amide bonds. The topological polar surface area (TPSA) is 9.23 Å². The van der Waals surface area contributed by atoms with E-state index in [1.807, 2.05) is 0 Å². The molecule has 0 aromatic heterocycles. The van der Waals surface area contributed by atoms with E-state index in [1.165, 1.54) is 0 Å². The van der Waals surface area contributed by atoms with Crippen molar-refractivity contribution in [3.63, 3.8) is 0 Å². The molecule has 0 rings (SSSR count). The highest BCUT2D eigenvalue weighted by atomic mass is 19.4. The maximum Gasteiger partial charge on any atom is 0.442 e. The smallest absolute Gasteiger partial charge is 0.442 e. The predicted molar refractivity (Wildman–Crippen MR) is 59.1 cm³/mol. The molecule has 0 aromatic rings. The van der Waals surface area contributed by atoms with E-state index in [9.17, 15) is 35.1 Å². The second-order valence-electron chi connectivity index (χ2n) is 3.45. The van der Waals surface area contributed by atoms with Gasteiger partial charge in [0.1, 0.15) is 0 Å². The molecule has 0 saturated carbocycles. The zero-order valence-corrected chi connectivity index (χ0v) is 10.3. The summed E-state index contributed by atoms with van der Waals surface area (Å²) in [6.45, 7) is 0. The second kappa shape index (κ2) is 8.48. The minimum absolute atomic E-state index is 0.283. The molecule has 0 bridgehead atoms. The van der Waals surface area contributed by atoms with Crippen LogP contribution in [0.25, 0.3) is 0 Å². The van der Waals surface area contributed by atoms with Gasteiger partial charge in [0.15, 0.2) is 11.7 Å². The van der Waals surface area contributed by atoms with Crippen molar-refractivity contribution in [2.75, 3.05) is 0 Å². The summed E-state index contributed by atoms with van der Waals surface area (Å²) in [4.78, 5) is 0. The van der Waals surface area contributed by atoms with Gasteiger partial charge >= 0.3 is 12.4 Å². The van der Waals surface area contributed by atoms with E-state index in [0.29, 0.717) is 0 Å². The van der Waals surface area contributed by atoms with Gasteiger partial charge in [-0.1, -0.05) is 0 Å². The highest BCUT2D eigenvalue weighted by molar-refractivity contribution is 5.03. The third kappa shape index (κ3) is 9.69. The van der Waals surface area contributed by atoms with Crippen molar-refractivity contribution < 1.29 is 39.9 Å². The Morgan fingerprint density at radius 2 is 1.05 bits per heavy atom. The van der Waals surface area contributed by atoms with Gasteiger partial charge in [-0.05, 0) is 37.1 Å². The van der Waals surface area contributed by atoms with Crippen LogP contribution in [0.3, 0.4) is 0 Å². The van der Waals surface area contributed by atoms with Gasteiger partial charge in [-0.3, -0.25) is 0 Å². The Labute approximate surface area is 114 Å². The molecule has 0 aromatic carbocycles. The summed E-state index contributed by atoms with van der Waals surface area (Å²) in [6, 6.07) is 0. The average Bonchev–Trinajstić information content (AvgIpc) is 2.33. The zero-order valence-electron chi connectivity index (χ0n) is 10.3. The van der Waals surface area contributed by atoms with Crippen molar-refractivity contribution in [3.05, 3.63) is 48.5 Å². The average molecular weight is 322 g/mol. The zero-order chi connectivity index (χ0) is 16.5. The minimum Gasteiger partial charge on any atom is -0.473 e. The van der Waals surface area contributed by atoms with Gasteiger partial charge < -0.3 is 4.74 Å². The molecule has 0 aliphatic rings. The molecule has 0 spiro atoms. The van der Waals surface area contributed by atoms with Crippen LogP contribution in [-0.4, -0.2) is 12.4 Å². The van der Waals surface area contributed by atoms with E-state index < -0.39 is 24.0 Å². The number of hydrogen-bond donors (Lipinski definition) is 0. The lowest BCUT2D eigenvalue weighted by atomic mass is 10.3. The van der Waals surface area contributed by atoms with E-state index in [0.717, 1.165) is 24.7 Å². The monoisotopic (exact) mass is 322 g/mol. The lowest BCUT2D eigenvalue weighted by molar-refractivity contribution is -0.109. The molecule has 21 heavy (non-hydrogen) atoms. The van der Waals surface area contributed by atoms with E-state index in [-0.39, 0.29) is 25.0 Å². The minimum atomic E-state index is -5.04. The summed E-state index contributed by atoms with van der Waals surface area (Å²) in [6.07, 6.45) is -6.39. The fourth-order valence-corrected chi connectivity index (χ4v) is 0.842. The van der Waals surface area contributed by atoms with Crippen LogP contribution in [0.5, 0.6) is 0 Å². The Hall–Kier alpha value is -1.80. The van der Waals surface area contributed by atoms with Gasteiger partial charge in [-0.15, -0.1) is 0 Å². The molecule has 9 heteroatoms. The summed E-state index contributed by atoms with van der Waals surface area (Å²) in [5, 5.41) is 0. The number of ether oxygens (including phenoxy) is 1. The molecule has 0 atom stereocenters. The fraction of sp³-hybridized carbons (Fsp3) is 0.333.